The van der Waals surface area contributed by atoms with Gasteiger partial charge in [0.15, 0.2) is 17.1 Å². The number of aromatic nitrogens is 4. The number of sulfone groups is 1. The lowest BCUT2D eigenvalue weighted by Crippen LogP contribution is -2.43. The maximum atomic E-state index is 13.3. The Labute approximate surface area is 224 Å². The van der Waals surface area contributed by atoms with E-state index in [-0.39, 0.29) is 17.4 Å². The van der Waals surface area contributed by atoms with Crippen LogP contribution in [0, 0.1) is 6.92 Å². The fourth-order valence-electron chi connectivity index (χ4n) is 4.63. The van der Waals surface area contributed by atoms with E-state index in [1.807, 2.05) is 13.0 Å². The second-order valence-corrected chi connectivity index (χ2v) is 12.2. The normalized spacial score (nSPS) is 18.7. The summed E-state index contributed by atoms with van der Waals surface area (Å²) in [5.41, 5.74) is 8.01. The van der Waals surface area contributed by atoms with Crippen molar-refractivity contribution in [1.29, 1.82) is 0 Å². The first-order valence-corrected chi connectivity index (χ1v) is 14.7. The molecule has 38 heavy (non-hydrogen) atoms. The van der Waals surface area contributed by atoms with Gasteiger partial charge in [-0.1, -0.05) is 12.1 Å². The van der Waals surface area contributed by atoms with Gasteiger partial charge in [0.1, 0.15) is 0 Å². The number of aryl methyl sites for hydroxylation is 1. The van der Waals surface area contributed by atoms with E-state index in [1.165, 1.54) is 0 Å². The number of ether oxygens (including phenoxy) is 2. The highest BCUT2D eigenvalue weighted by molar-refractivity contribution is 7.92. The third-order valence-electron chi connectivity index (χ3n) is 6.65. The smallest absolute Gasteiger partial charge is 0.219 e. The molecule has 13 heteroatoms. The van der Waals surface area contributed by atoms with Gasteiger partial charge in [0.25, 0.3) is 0 Å². The first kappa shape index (κ1) is 25.1. The molecule has 3 N–H and O–H groups in total. The summed E-state index contributed by atoms with van der Waals surface area (Å²) >= 11 is 1.56. The molecule has 11 nitrogen and oxygen atoms in total. The van der Waals surface area contributed by atoms with Crippen LogP contribution in [0.1, 0.15) is 5.56 Å². The van der Waals surface area contributed by atoms with Crippen molar-refractivity contribution >= 4 is 43.2 Å². The number of hydrogen-bond donors (Lipinski definition) is 2. The lowest BCUT2D eigenvalue weighted by atomic mass is 10.1. The summed E-state index contributed by atoms with van der Waals surface area (Å²) in [5.74, 6) is 1.50. The molecule has 2 saturated heterocycles. The quantitative estimate of drug-likeness (QED) is 0.375. The van der Waals surface area contributed by atoms with Crippen LogP contribution in [-0.2, 0) is 19.3 Å². The molecule has 198 valence electrons. The Balaban J connectivity index is 1.47. The van der Waals surface area contributed by atoms with Gasteiger partial charge < -0.3 is 25.4 Å². The maximum Gasteiger partial charge on any atom is 0.219 e. The molecule has 4 aromatic rings. The number of morpholine rings is 2. The molecular formula is C25H27N7O4S2. The Bertz CT molecular complexity index is 1580. The SMILES string of the molecule is Cc1c(-c2cccc(S(=O)(=O)C3CNCCO3)c2)sc2c(N3CCOCC3)nc(-c3cnc(N)nc3)nc12. The summed E-state index contributed by atoms with van der Waals surface area (Å²) in [6, 6.07) is 7.04. The largest absolute Gasteiger partial charge is 0.378 e. The van der Waals surface area contributed by atoms with E-state index >= 15 is 0 Å². The van der Waals surface area contributed by atoms with Crippen LogP contribution < -0.4 is 16.0 Å². The molecule has 0 radical (unpaired) electrons. The van der Waals surface area contributed by atoms with Crippen LogP contribution in [-0.4, -0.2) is 79.8 Å². The fourth-order valence-corrected chi connectivity index (χ4v) is 7.36. The molecule has 1 atom stereocenters. The molecule has 2 fully saturated rings. The van der Waals surface area contributed by atoms with Gasteiger partial charge in [-0.2, -0.15) is 0 Å². The fraction of sp³-hybridized carbons (Fsp3) is 0.360. The molecule has 0 saturated carbocycles. The Hall–Kier alpha value is -3.23. The van der Waals surface area contributed by atoms with Gasteiger partial charge in [0.2, 0.25) is 15.8 Å². The van der Waals surface area contributed by atoms with E-state index < -0.39 is 15.3 Å². The zero-order valence-electron chi connectivity index (χ0n) is 20.8. The maximum absolute atomic E-state index is 13.3. The van der Waals surface area contributed by atoms with E-state index in [4.69, 9.17) is 25.2 Å². The number of nitrogen functional groups attached to an aromatic ring is 1. The lowest BCUT2D eigenvalue weighted by molar-refractivity contribution is 0.0785. The van der Waals surface area contributed by atoms with Crippen molar-refractivity contribution in [2.24, 2.45) is 0 Å². The van der Waals surface area contributed by atoms with E-state index in [0.717, 1.165) is 32.0 Å². The molecule has 0 aliphatic carbocycles. The highest BCUT2D eigenvalue weighted by Crippen LogP contribution is 2.42. The highest BCUT2D eigenvalue weighted by Gasteiger charge is 2.31. The second-order valence-electron chi connectivity index (χ2n) is 9.11. The van der Waals surface area contributed by atoms with Crippen molar-refractivity contribution in [1.82, 2.24) is 25.3 Å². The van der Waals surface area contributed by atoms with Crippen molar-refractivity contribution in [3.05, 3.63) is 42.2 Å². The van der Waals surface area contributed by atoms with E-state index in [0.29, 0.717) is 50.8 Å². The van der Waals surface area contributed by atoms with Gasteiger partial charge in [-0.15, -0.1) is 11.3 Å². The summed E-state index contributed by atoms with van der Waals surface area (Å²) in [6.45, 7) is 5.92. The van der Waals surface area contributed by atoms with Gasteiger partial charge in [-0.3, -0.25) is 0 Å². The standard InChI is InChI=1S/C25H27N7O4S2/c1-15-20-22(24(32-6-9-35-10-7-32)31-23(30-20)17-12-28-25(26)29-13-17)37-21(15)16-3-2-4-18(11-16)38(33,34)19-14-27-5-8-36-19/h2-4,11-13,19,27H,5-10,14H2,1H3,(H2,26,28,29). The minimum Gasteiger partial charge on any atom is -0.378 e. The van der Waals surface area contributed by atoms with E-state index in [2.05, 4.69) is 20.2 Å². The van der Waals surface area contributed by atoms with Gasteiger partial charge in [0.05, 0.1) is 40.5 Å². The number of hydrogen-bond acceptors (Lipinski definition) is 12. The number of benzene rings is 1. The first-order valence-electron chi connectivity index (χ1n) is 12.3. The molecule has 1 aromatic carbocycles. The number of nitrogens with two attached hydrogens (primary N) is 1. The first-order chi connectivity index (χ1) is 18.4. The molecule has 0 bridgehead atoms. The number of nitrogens with zero attached hydrogens (tertiary/aromatic N) is 5. The van der Waals surface area contributed by atoms with E-state index in [1.54, 1.807) is 41.9 Å². The Kier molecular flexibility index (Phi) is 6.70. The Morgan fingerprint density at radius 3 is 2.63 bits per heavy atom. The van der Waals surface area contributed by atoms with Gasteiger partial charge in [-0.25, -0.2) is 28.4 Å². The summed E-state index contributed by atoms with van der Waals surface area (Å²) in [5, 5.41) is 3.10. The zero-order chi connectivity index (χ0) is 26.3. The van der Waals surface area contributed by atoms with E-state index in [9.17, 15) is 8.42 Å². The van der Waals surface area contributed by atoms with Gasteiger partial charge in [0, 0.05) is 43.4 Å². The van der Waals surface area contributed by atoms with Crippen LogP contribution in [0.4, 0.5) is 11.8 Å². The van der Waals surface area contributed by atoms with Crippen LogP contribution in [0.25, 0.3) is 32.0 Å². The average molecular weight is 554 g/mol. The molecule has 2 aliphatic rings. The van der Waals surface area contributed by atoms with Crippen molar-refractivity contribution in [3.8, 4) is 21.8 Å². The summed E-state index contributed by atoms with van der Waals surface area (Å²) < 4.78 is 38.6. The molecule has 1 unspecified atom stereocenters. The highest BCUT2D eigenvalue weighted by atomic mass is 32.2. The third kappa shape index (κ3) is 4.60. The van der Waals surface area contributed by atoms with Crippen molar-refractivity contribution < 1.29 is 17.9 Å². The summed E-state index contributed by atoms with van der Waals surface area (Å²) in [6.07, 6.45) is 3.23. The molecule has 5 heterocycles. The Morgan fingerprint density at radius 2 is 1.89 bits per heavy atom. The predicted octanol–water partition coefficient (Wildman–Crippen LogP) is 2.26. The van der Waals surface area contributed by atoms with Crippen LogP contribution in [0.5, 0.6) is 0 Å². The third-order valence-corrected chi connectivity index (χ3v) is 9.88. The second kappa shape index (κ2) is 10.2. The summed E-state index contributed by atoms with van der Waals surface area (Å²) in [7, 11) is -3.66. The molecule has 0 spiro atoms. The van der Waals surface area contributed by atoms with Gasteiger partial charge >= 0.3 is 0 Å². The van der Waals surface area contributed by atoms with Crippen LogP contribution in [0.15, 0.2) is 41.6 Å². The van der Waals surface area contributed by atoms with Crippen LogP contribution in [0.2, 0.25) is 0 Å². The number of thiophene rings is 1. The van der Waals surface area contributed by atoms with Crippen LogP contribution in [0.3, 0.4) is 0 Å². The minimum absolute atomic E-state index is 0.182. The number of fused-ring (bicyclic) bond motifs is 1. The summed E-state index contributed by atoms with van der Waals surface area (Å²) in [4.78, 5) is 21.4. The van der Waals surface area contributed by atoms with Crippen molar-refractivity contribution in [3.63, 3.8) is 0 Å². The number of rotatable bonds is 5. The Morgan fingerprint density at radius 1 is 1.11 bits per heavy atom. The van der Waals surface area contributed by atoms with Gasteiger partial charge in [-0.05, 0) is 30.2 Å². The predicted molar refractivity (Wildman–Crippen MR) is 146 cm³/mol. The molecule has 6 rings (SSSR count). The molecule has 3 aromatic heterocycles. The minimum atomic E-state index is -3.66. The zero-order valence-corrected chi connectivity index (χ0v) is 22.4. The number of nitrogens with one attached hydrogen (secondary N) is 1. The monoisotopic (exact) mass is 553 g/mol. The number of anilines is 2. The molecule has 0 amide bonds. The van der Waals surface area contributed by atoms with Crippen molar-refractivity contribution in [2.75, 3.05) is 56.6 Å². The van der Waals surface area contributed by atoms with Crippen molar-refractivity contribution in [2.45, 2.75) is 17.3 Å². The molecular weight excluding hydrogens is 526 g/mol. The van der Waals surface area contributed by atoms with Crippen LogP contribution >= 0.6 is 11.3 Å². The topological polar surface area (TPSA) is 145 Å². The lowest BCUT2D eigenvalue weighted by Gasteiger charge is -2.28. The molecule has 2 aliphatic heterocycles. The average Bonchev–Trinajstić information content (AvgIpc) is 3.30.